The van der Waals surface area contributed by atoms with E-state index in [9.17, 15) is 8.42 Å². The number of nitrogens with one attached hydrogen (secondary N) is 1. The lowest BCUT2D eigenvalue weighted by Gasteiger charge is -2.15. The standard InChI is InChI=1S/C13H18N2O2S2/c1-4-15(3)19(16,17)13-10-7-5-6-8-11(10)18-12(13)9-14-2/h5-8,14H,4,9H2,1-3H3. The second kappa shape index (κ2) is 5.58. The van der Waals surface area contributed by atoms with E-state index in [0.29, 0.717) is 18.0 Å². The number of benzene rings is 1. The third-order valence-electron chi connectivity index (χ3n) is 3.07. The zero-order valence-electron chi connectivity index (χ0n) is 11.3. The van der Waals surface area contributed by atoms with Crippen LogP contribution in [0.4, 0.5) is 0 Å². The Bertz CT molecular complexity index is 677. The molecule has 1 aromatic heterocycles. The summed E-state index contributed by atoms with van der Waals surface area (Å²) in [6.45, 7) is 2.86. The molecule has 0 aliphatic heterocycles. The first-order valence-corrected chi connectivity index (χ1v) is 8.39. The Labute approximate surface area is 118 Å². The first-order valence-electron chi connectivity index (χ1n) is 6.13. The molecule has 0 aliphatic carbocycles. The van der Waals surface area contributed by atoms with Crippen LogP contribution in [0.3, 0.4) is 0 Å². The van der Waals surface area contributed by atoms with Crippen LogP contribution < -0.4 is 5.32 Å². The fraction of sp³-hybridized carbons (Fsp3) is 0.385. The zero-order valence-corrected chi connectivity index (χ0v) is 12.9. The Hall–Kier alpha value is -0.950. The number of nitrogens with zero attached hydrogens (tertiary/aromatic N) is 1. The highest BCUT2D eigenvalue weighted by atomic mass is 32.2. The van der Waals surface area contributed by atoms with Gasteiger partial charge in [-0.05, 0) is 13.1 Å². The molecule has 104 valence electrons. The van der Waals surface area contributed by atoms with Gasteiger partial charge in [0.15, 0.2) is 0 Å². The van der Waals surface area contributed by atoms with Gasteiger partial charge in [0.05, 0.1) is 0 Å². The van der Waals surface area contributed by atoms with Gasteiger partial charge >= 0.3 is 0 Å². The van der Waals surface area contributed by atoms with Gasteiger partial charge in [-0.3, -0.25) is 0 Å². The molecule has 0 bridgehead atoms. The maximum absolute atomic E-state index is 12.6. The van der Waals surface area contributed by atoms with Crippen LogP contribution in [0.25, 0.3) is 10.1 Å². The lowest BCUT2D eigenvalue weighted by molar-refractivity contribution is 0.486. The van der Waals surface area contributed by atoms with E-state index < -0.39 is 10.0 Å². The van der Waals surface area contributed by atoms with Crippen LogP contribution in [0.2, 0.25) is 0 Å². The molecular weight excluding hydrogens is 280 g/mol. The van der Waals surface area contributed by atoms with Gasteiger partial charge in [0, 0.05) is 35.1 Å². The molecule has 1 N–H and O–H groups in total. The number of fused-ring (bicyclic) bond motifs is 1. The van der Waals surface area contributed by atoms with Crippen LogP contribution in [0.1, 0.15) is 11.8 Å². The molecule has 4 nitrogen and oxygen atoms in total. The van der Waals surface area contributed by atoms with Gasteiger partial charge < -0.3 is 5.32 Å². The van der Waals surface area contributed by atoms with Crippen molar-refractivity contribution < 1.29 is 8.42 Å². The normalized spacial score (nSPS) is 12.4. The molecule has 0 atom stereocenters. The van der Waals surface area contributed by atoms with Crippen LogP contribution in [-0.4, -0.2) is 33.4 Å². The highest BCUT2D eigenvalue weighted by Gasteiger charge is 2.27. The first-order chi connectivity index (χ1) is 9.02. The van der Waals surface area contributed by atoms with Gasteiger partial charge in [-0.25, -0.2) is 12.7 Å². The molecule has 1 heterocycles. The fourth-order valence-electron chi connectivity index (χ4n) is 1.96. The summed E-state index contributed by atoms with van der Waals surface area (Å²) in [5.41, 5.74) is 0. The summed E-state index contributed by atoms with van der Waals surface area (Å²) >= 11 is 1.53. The minimum absolute atomic E-state index is 0.451. The topological polar surface area (TPSA) is 49.4 Å². The third-order valence-corrected chi connectivity index (χ3v) is 6.43. The average molecular weight is 298 g/mol. The molecule has 0 spiro atoms. The Kier molecular flexibility index (Phi) is 4.25. The summed E-state index contributed by atoms with van der Waals surface area (Å²) < 4.78 is 27.7. The predicted octanol–water partition coefficient (Wildman–Crippen LogP) is 2.26. The lowest BCUT2D eigenvalue weighted by atomic mass is 10.2. The maximum atomic E-state index is 12.6. The van der Waals surface area contributed by atoms with Crippen molar-refractivity contribution >= 4 is 31.4 Å². The van der Waals surface area contributed by atoms with Crippen LogP contribution in [0, 0.1) is 0 Å². The summed E-state index contributed by atoms with van der Waals surface area (Å²) in [5, 5.41) is 3.86. The molecule has 0 amide bonds. The average Bonchev–Trinajstić information content (AvgIpc) is 2.76. The number of hydrogen-bond acceptors (Lipinski definition) is 4. The summed E-state index contributed by atoms with van der Waals surface area (Å²) in [6, 6.07) is 7.65. The molecule has 0 saturated carbocycles. The molecule has 0 aliphatic rings. The Morgan fingerprint density at radius 2 is 2.00 bits per heavy atom. The van der Waals surface area contributed by atoms with Gasteiger partial charge in [0.2, 0.25) is 10.0 Å². The molecule has 2 aromatic rings. The van der Waals surface area contributed by atoms with Gasteiger partial charge in [-0.1, -0.05) is 25.1 Å². The highest BCUT2D eigenvalue weighted by molar-refractivity contribution is 7.89. The number of thiophene rings is 1. The van der Waals surface area contributed by atoms with Gasteiger partial charge in [0.1, 0.15) is 4.90 Å². The summed E-state index contributed by atoms with van der Waals surface area (Å²) in [6.07, 6.45) is 0. The van der Waals surface area contributed by atoms with Crippen molar-refractivity contribution in [1.82, 2.24) is 9.62 Å². The van der Waals surface area contributed by atoms with Gasteiger partial charge in [-0.2, -0.15) is 0 Å². The van der Waals surface area contributed by atoms with E-state index in [4.69, 9.17) is 0 Å². The van der Waals surface area contributed by atoms with Crippen molar-refractivity contribution in [2.45, 2.75) is 18.4 Å². The highest BCUT2D eigenvalue weighted by Crippen LogP contribution is 2.35. The van der Waals surface area contributed by atoms with E-state index in [1.54, 1.807) is 7.05 Å². The number of hydrogen-bond donors (Lipinski definition) is 1. The molecule has 0 unspecified atom stereocenters. The second-order valence-electron chi connectivity index (χ2n) is 4.30. The quantitative estimate of drug-likeness (QED) is 0.921. The first kappa shape index (κ1) is 14.5. The number of rotatable bonds is 5. The third kappa shape index (κ3) is 2.53. The molecule has 19 heavy (non-hydrogen) atoms. The molecular formula is C13H18N2O2S2. The molecule has 6 heteroatoms. The van der Waals surface area contributed by atoms with Gasteiger partial charge in [0.25, 0.3) is 0 Å². The summed E-state index contributed by atoms with van der Waals surface area (Å²) in [5.74, 6) is 0. The van der Waals surface area contributed by atoms with E-state index in [-0.39, 0.29) is 0 Å². The van der Waals surface area contributed by atoms with Crippen molar-refractivity contribution in [3.05, 3.63) is 29.1 Å². The van der Waals surface area contributed by atoms with Gasteiger partial charge in [-0.15, -0.1) is 11.3 Å². The minimum atomic E-state index is -3.42. The van der Waals surface area contributed by atoms with Crippen molar-refractivity contribution in [3.8, 4) is 0 Å². The fourth-order valence-corrected chi connectivity index (χ4v) is 5.04. The Morgan fingerprint density at radius 3 is 2.63 bits per heavy atom. The maximum Gasteiger partial charge on any atom is 0.244 e. The van der Waals surface area contributed by atoms with Crippen LogP contribution in [0.15, 0.2) is 29.2 Å². The minimum Gasteiger partial charge on any atom is -0.315 e. The van der Waals surface area contributed by atoms with E-state index >= 15 is 0 Å². The lowest BCUT2D eigenvalue weighted by Crippen LogP contribution is -2.27. The van der Waals surface area contributed by atoms with Crippen molar-refractivity contribution in [2.75, 3.05) is 20.6 Å². The molecule has 1 aromatic carbocycles. The molecule has 0 radical (unpaired) electrons. The van der Waals surface area contributed by atoms with Crippen LogP contribution >= 0.6 is 11.3 Å². The summed E-state index contributed by atoms with van der Waals surface area (Å²) in [7, 11) is 0.0183. The molecule has 0 fully saturated rings. The largest absolute Gasteiger partial charge is 0.315 e. The van der Waals surface area contributed by atoms with E-state index in [0.717, 1.165) is 15.0 Å². The van der Waals surface area contributed by atoms with Crippen LogP contribution in [0.5, 0.6) is 0 Å². The van der Waals surface area contributed by atoms with E-state index in [1.165, 1.54) is 15.6 Å². The predicted molar refractivity (Wildman–Crippen MR) is 80.1 cm³/mol. The second-order valence-corrected chi connectivity index (χ2v) is 7.42. The molecule has 0 saturated heterocycles. The zero-order chi connectivity index (χ0) is 14.0. The molecule has 2 rings (SSSR count). The SMILES string of the molecule is CCN(C)S(=O)(=O)c1c(CNC)sc2ccccc12. The van der Waals surface area contributed by atoms with E-state index in [2.05, 4.69) is 5.32 Å². The van der Waals surface area contributed by atoms with Crippen molar-refractivity contribution in [1.29, 1.82) is 0 Å². The van der Waals surface area contributed by atoms with Crippen molar-refractivity contribution in [3.63, 3.8) is 0 Å². The smallest absolute Gasteiger partial charge is 0.244 e. The Balaban J connectivity index is 2.73. The van der Waals surface area contributed by atoms with Crippen LogP contribution in [-0.2, 0) is 16.6 Å². The van der Waals surface area contributed by atoms with E-state index in [1.807, 2.05) is 38.2 Å². The Morgan fingerprint density at radius 1 is 1.32 bits per heavy atom. The number of sulfonamides is 1. The monoisotopic (exact) mass is 298 g/mol. The summed E-state index contributed by atoms with van der Waals surface area (Å²) in [4.78, 5) is 1.32. The van der Waals surface area contributed by atoms with Crippen molar-refractivity contribution in [2.24, 2.45) is 0 Å².